The van der Waals surface area contributed by atoms with Gasteiger partial charge >= 0.3 is 5.97 Å². The van der Waals surface area contributed by atoms with Crippen LogP contribution in [0.15, 0.2) is 42.7 Å². The van der Waals surface area contributed by atoms with E-state index in [1.165, 1.54) is 12.5 Å². The molecule has 0 saturated heterocycles. The summed E-state index contributed by atoms with van der Waals surface area (Å²) in [6.45, 7) is 8.35. The van der Waals surface area contributed by atoms with Crippen LogP contribution in [-0.4, -0.2) is 27.3 Å². The van der Waals surface area contributed by atoms with Gasteiger partial charge in [-0.05, 0) is 61.4 Å². The number of aromatic nitrogens is 3. The number of pyridine rings is 1. The van der Waals surface area contributed by atoms with Gasteiger partial charge in [0.25, 0.3) is 0 Å². The highest BCUT2D eigenvalue weighted by Gasteiger charge is 2.18. The van der Waals surface area contributed by atoms with Gasteiger partial charge in [0.2, 0.25) is 0 Å². The van der Waals surface area contributed by atoms with Crippen LogP contribution in [0.3, 0.4) is 0 Å². The Bertz CT molecular complexity index is 1060. The zero-order valence-electron chi connectivity index (χ0n) is 19.8. The molecule has 0 fully saturated rings. The van der Waals surface area contributed by atoms with E-state index >= 15 is 0 Å². The van der Waals surface area contributed by atoms with Crippen LogP contribution in [0, 0.1) is 0 Å². The lowest BCUT2D eigenvalue weighted by molar-refractivity contribution is -0.132. The molecule has 0 aliphatic carbocycles. The molecule has 0 saturated carbocycles. The predicted octanol–water partition coefficient (Wildman–Crippen LogP) is 6.32. The minimum Gasteiger partial charge on any atom is -0.489 e. The molecule has 0 amide bonds. The average molecular weight is 470 g/mol. The molecule has 33 heavy (non-hydrogen) atoms. The first-order chi connectivity index (χ1) is 16.0. The van der Waals surface area contributed by atoms with Gasteiger partial charge in [-0.25, -0.2) is 9.67 Å². The van der Waals surface area contributed by atoms with Crippen LogP contribution in [0.5, 0.6) is 11.5 Å². The number of hydrogen-bond donors (Lipinski definition) is 0. The second-order valence-electron chi connectivity index (χ2n) is 7.98. The molecule has 176 valence electrons. The number of para-hydroxylation sites is 1. The summed E-state index contributed by atoms with van der Waals surface area (Å²) in [6.07, 6.45) is 8.19. The Hall–Kier alpha value is -2.86. The number of carbonyl (C=O) groups is 1. The van der Waals surface area contributed by atoms with Gasteiger partial charge in [0.1, 0.15) is 0 Å². The quantitative estimate of drug-likeness (QED) is 0.186. The van der Waals surface area contributed by atoms with Crippen LogP contribution in [0.4, 0.5) is 0 Å². The molecule has 0 atom stereocenters. The van der Waals surface area contributed by atoms with Crippen molar-refractivity contribution in [1.29, 1.82) is 0 Å². The highest BCUT2D eigenvalue weighted by atomic mass is 35.5. The second-order valence-corrected chi connectivity index (χ2v) is 8.41. The Morgan fingerprint density at radius 1 is 1.12 bits per heavy atom. The molecule has 0 aliphatic rings. The molecule has 2 aromatic heterocycles. The van der Waals surface area contributed by atoms with Crippen molar-refractivity contribution in [2.24, 2.45) is 0 Å². The lowest BCUT2D eigenvalue weighted by Gasteiger charge is -2.15. The summed E-state index contributed by atoms with van der Waals surface area (Å²) in [7, 11) is 0. The normalized spacial score (nSPS) is 11.1. The van der Waals surface area contributed by atoms with E-state index in [0.29, 0.717) is 29.0 Å². The number of hydrogen-bond acceptors (Lipinski definition) is 5. The average Bonchev–Trinajstić information content (AvgIpc) is 3.22. The number of aryl methyl sites for hydroxylation is 2. The number of benzene rings is 1. The molecule has 0 radical (unpaired) electrons. The summed E-state index contributed by atoms with van der Waals surface area (Å²) >= 11 is 5.99. The van der Waals surface area contributed by atoms with Crippen molar-refractivity contribution in [3.8, 4) is 17.3 Å². The van der Waals surface area contributed by atoms with Crippen molar-refractivity contribution >= 4 is 17.6 Å². The molecule has 7 heteroatoms. The molecule has 6 nitrogen and oxygen atoms in total. The molecule has 0 aliphatic heterocycles. The van der Waals surface area contributed by atoms with Crippen molar-refractivity contribution in [2.45, 2.75) is 65.7 Å². The fourth-order valence-corrected chi connectivity index (χ4v) is 4.04. The third kappa shape index (κ3) is 6.35. The summed E-state index contributed by atoms with van der Waals surface area (Å²) in [5.41, 5.74) is 3.34. The van der Waals surface area contributed by atoms with Crippen LogP contribution in [-0.2, 0) is 17.6 Å². The van der Waals surface area contributed by atoms with E-state index in [9.17, 15) is 4.79 Å². The van der Waals surface area contributed by atoms with Crippen molar-refractivity contribution in [3.63, 3.8) is 0 Å². The van der Waals surface area contributed by atoms with Gasteiger partial charge in [0, 0.05) is 25.2 Å². The van der Waals surface area contributed by atoms with Gasteiger partial charge in [-0.15, -0.1) is 0 Å². The largest absolute Gasteiger partial charge is 0.489 e. The summed E-state index contributed by atoms with van der Waals surface area (Å²) in [6, 6.07) is 9.34. The minimum absolute atomic E-state index is 0.355. The molecule has 0 bridgehead atoms. The number of nitrogens with zero attached hydrogens (tertiary/aromatic N) is 3. The summed E-state index contributed by atoms with van der Waals surface area (Å²) in [4.78, 5) is 15.9. The number of carbonyl (C=O) groups excluding carboxylic acids is 1. The Labute approximate surface area is 200 Å². The first-order valence-corrected chi connectivity index (χ1v) is 12.0. The fraction of sp³-hybridized carbons (Fsp3) is 0.423. The Morgan fingerprint density at radius 2 is 1.91 bits per heavy atom. The number of esters is 1. The van der Waals surface area contributed by atoms with E-state index in [4.69, 9.17) is 26.2 Å². The zero-order valence-corrected chi connectivity index (χ0v) is 20.6. The lowest BCUT2D eigenvalue weighted by atomic mass is 9.95. The van der Waals surface area contributed by atoms with Crippen LogP contribution in [0.2, 0.25) is 5.02 Å². The fourth-order valence-electron chi connectivity index (χ4n) is 3.93. The van der Waals surface area contributed by atoms with Crippen LogP contribution in [0.25, 0.3) is 5.82 Å². The molecular weight excluding hydrogens is 438 g/mol. The Kier molecular flexibility index (Phi) is 8.89. The maximum atomic E-state index is 11.5. The summed E-state index contributed by atoms with van der Waals surface area (Å²) in [5.74, 6) is 1.91. The van der Waals surface area contributed by atoms with Crippen LogP contribution < -0.4 is 9.47 Å². The van der Waals surface area contributed by atoms with E-state index in [2.05, 4.69) is 32.0 Å². The van der Waals surface area contributed by atoms with E-state index in [-0.39, 0.29) is 5.97 Å². The Morgan fingerprint density at radius 3 is 2.55 bits per heavy atom. The van der Waals surface area contributed by atoms with E-state index in [1.807, 2.05) is 28.9 Å². The summed E-state index contributed by atoms with van der Waals surface area (Å²) < 4.78 is 13.3. The summed E-state index contributed by atoms with van der Waals surface area (Å²) in [5, 5.41) is 5.48. The molecule has 3 aromatic rings. The van der Waals surface area contributed by atoms with Crippen molar-refractivity contribution in [2.75, 3.05) is 6.61 Å². The molecule has 0 unspecified atom stereocenters. The lowest BCUT2D eigenvalue weighted by Crippen LogP contribution is -2.08. The highest BCUT2D eigenvalue weighted by Crippen LogP contribution is 2.32. The van der Waals surface area contributed by atoms with Gasteiger partial charge in [-0.3, -0.25) is 4.79 Å². The third-order valence-corrected chi connectivity index (χ3v) is 5.90. The number of rotatable bonds is 11. The molecule has 0 N–H and O–H groups in total. The van der Waals surface area contributed by atoms with Gasteiger partial charge in [0.15, 0.2) is 17.3 Å². The van der Waals surface area contributed by atoms with Crippen LogP contribution in [0.1, 0.15) is 69.7 Å². The van der Waals surface area contributed by atoms with Crippen molar-refractivity contribution in [1.82, 2.24) is 14.8 Å². The van der Waals surface area contributed by atoms with Gasteiger partial charge in [-0.1, -0.05) is 44.5 Å². The maximum absolute atomic E-state index is 11.5. The number of halogens is 1. The van der Waals surface area contributed by atoms with Crippen LogP contribution >= 0.6 is 11.6 Å². The van der Waals surface area contributed by atoms with Gasteiger partial charge < -0.3 is 9.47 Å². The van der Waals surface area contributed by atoms with Crippen molar-refractivity contribution < 1.29 is 14.3 Å². The minimum atomic E-state index is -0.355. The molecule has 0 spiro atoms. The Balaban J connectivity index is 1.75. The van der Waals surface area contributed by atoms with Gasteiger partial charge in [-0.2, -0.15) is 5.10 Å². The predicted molar refractivity (Wildman–Crippen MR) is 131 cm³/mol. The maximum Gasteiger partial charge on any atom is 0.308 e. The smallest absolute Gasteiger partial charge is 0.308 e. The second kappa shape index (κ2) is 11.8. The molecule has 1 aromatic carbocycles. The zero-order chi connectivity index (χ0) is 23.8. The van der Waals surface area contributed by atoms with E-state index in [0.717, 1.165) is 49.2 Å². The SMILES string of the molecule is CCc1cccc(OC(C)=O)c1OCCCc1cn(-c2ccc(Cl)cn2)nc1C(CC)CC. The standard InChI is InChI=1S/C26H32ClN3O3/c1-5-19(6-2)25-21(17-30(29-25)24-14-13-22(27)16-28-24)11-9-15-32-26-20(7-3)10-8-12-23(26)33-18(4)31/h8,10,12-14,16-17,19H,5-7,9,11,15H2,1-4H3. The number of ether oxygens (including phenoxy) is 2. The first-order valence-electron chi connectivity index (χ1n) is 11.6. The molecule has 2 heterocycles. The molecule has 3 rings (SSSR count). The first kappa shape index (κ1) is 24.8. The van der Waals surface area contributed by atoms with Crippen molar-refractivity contribution in [3.05, 3.63) is 64.6 Å². The topological polar surface area (TPSA) is 66.2 Å². The monoisotopic (exact) mass is 469 g/mol. The molecular formula is C26H32ClN3O3. The van der Waals surface area contributed by atoms with Gasteiger partial charge in [0.05, 0.1) is 17.3 Å². The third-order valence-electron chi connectivity index (χ3n) is 5.67. The van der Waals surface area contributed by atoms with E-state index in [1.54, 1.807) is 12.3 Å². The highest BCUT2D eigenvalue weighted by molar-refractivity contribution is 6.30. The van der Waals surface area contributed by atoms with E-state index < -0.39 is 0 Å².